The lowest BCUT2D eigenvalue weighted by Gasteiger charge is -2.13. The molecule has 148 valence electrons. The van der Waals surface area contributed by atoms with Crippen LogP contribution in [0.1, 0.15) is 35.9 Å². The maximum absolute atomic E-state index is 12.6. The van der Waals surface area contributed by atoms with Gasteiger partial charge in [-0.1, -0.05) is 24.3 Å². The molecular formula is C19H23N5O4. The van der Waals surface area contributed by atoms with Crippen LogP contribution in [0.5, 0.6) is 0 Å². The summed E-state index contributed by atoms with van der Waals surface area (Å²) >= 11 is 0. The van der Waals surface area contributed by atoms with Gasteiger partial charge in [-0.05, 0) is 32.4 Å². The molecule has 28 heavy (non-hydrogen) atoms. The van der Waals surface area contributed by atoms with Crippen molar-refractivity contribution < 1.29 is 19.1 Å². The first-order valence-corrected chi connectivity index (χ1v) is 8.84. The Morgan fingerprint density at radius 1 is 1.25 bits per heavy atom. The van der Waals surface area contributed by atoms with Gasteiger partial charge < -0.3 is 15.8 Å². The summed E-state index contributed by atoms with van der Waals surface area (Å²) in [4.78, 5) is 36.6. The fourth-order valence-electron chi connectivity index (χ4n) is 2.40. The zero-order chi connectivity index (χ0) is 20.5. The number of esters is 1. The molecule has 0 bridgehead atoms. The van der Waals surface area contributed by atoms with Crippen molar-refractivity contribution in [2.45, 2.75) is 32.7 Å². The number of benzene rings is 1. The molecule has 0 radical (unpaired) electrons. The fourth-order valence-corrected chi connectivity index (χ4v) is 2.40. The molecule has 1 aromatic heterocycles. The zero-order valence-corrected chi connectivity index (χ0v) is 15.8. The number of para-hydroxylation sites is 1. The maximum atomic E-state index is 12.6. The van der Waals surface area contributed by atoms with Crippen LogP contribution in [0.3, 0.4) is 0 Å². The number of rotatable bonds is 9. The molecule has 1 aromatic carbocycles. The van der Waals surface area contributed by atoms with Gasteiger partial charge in [0, 0.05) is 18.5 Å². The average molecular weight is 385 g/mol. The van der Waals surface area contributed by atoms with Crippen LogP contribution in [-0.4, -0.2) is 45.4 Å². The minimum absolute atomic E-state index is 0.0494. The number of hydrogen-bond acceptors (Lipinski definition) is 6. The molecule has 0 saturated heterocycles. The Balaban J connectivity index is 2.14. The van der Waals surface area contributed by atoms with Crippen molar-refractivity contribution in [3.8, 4) is 5.69 Å². The normalized spacial score (nSPS) is 11.9. The summed E-state index contributed by atoms with van der Waals surface area (Å²) in [6.07, 6.45) is 2.97. The highest BCUT2D eigenvalue weighted by Crippen LogP contribution is 2.09. The highest BCUT2D eigenvalue weighted by molar-refractivity contribution is 5.93. The van der Waals surface area contributed by atoms with Gasteiger partial charge in [-0.3, -0.25) is 9.59 Å². The fraction of sp³-hybridized carbons (Fsp3) is 0.316. The third-order valence-corrected chi connectivity index (χ3v) is 3.75. The van der Waals surface area contributed by atoms with Gasteiger partial charge in [-0.15, -0.1) is 5.10 Å². The number of nitrogens with one attached hydrogen (secondary N) is 1. The lowest BCUT2D eigenvalue weighted by Crippen LogP contribution is -2.35. The second kappa shape index (κ2) is 10.0. The summed E-state index contributed by atoms with van der Waals surface area (Å²) in [5.74, 6) is -1.51. The molecule has 1 atom stereocenters. The molecule has 2 amide bonds. The second-order valence-electron chi connectivity index (χ2n) is 5.96. The van der Waals surface area contributed by atoms with Crippen molar-refractivity contribution in [1.82, 2.24) is 20.3 Å². The third kappa shape index (κ3) is 6.04. The average Bonchev–Trinajstić information content (AvgIpc) is 3.06. The van der Waals surface area contributed by atoms with Crippen molar-refractivity contribution >= 4 is 17.8 Å². The smallest absolute Gasteiger partial charge is 0.330 e. The molecule has 1 unspecified atom stereocenters. The largest absolute Gasteiger partial charge is 0.463 e. The molecule has 0 aliphatic rings. The van der Waals surface area contributed by atoms with Gasteiger partial charge >= 0.3 is 5.97 Å². The van der Waals surface area contributed by atoms with Crippen LogP contribution in [0.2, 0.25) is 0 Å². The van der Waals surface area contributed by atoms with E-state index in [4.69, 9.17) is 10.5 Å². The Bertz CT molecular complexity index is 860. The number of aryl methyl sites for hydroxylation is 1. The topological polar surface area (TPSA) is 129 Å². The van der Waals surface area contributed by atoms with Gasteiger partial charge in [0.05, 0.1) is 18.0 Å². The number of nitrogens with zero attached hydrogens (tertiary/aromatic N) is 3. The van der Waals surface area contributed by atoms with E-state index < -0.39 is 23.8 Å². The molecule has 0 spiro atoms. The van der Waals surface area contributed by atoms with Crippen molar-refractivity contribution in [2.24, 2.45) is 5.73 Å². The van der Waals surface area contributed by atoms with Crippen LogP contribution in [0.15, 0.2) is 42.5 Å². The number of hydrogen-bond donors (Lipinski definition) is 2. The maximum Gasteiger partial charge on any atom is 0.330 e. The van der Waals surface area contributed by atoms with E-state index in [0.29, 0.717) is 5.69 Å². The van der Waals surface area contributed by atoms with E-state index in [-0.39, 0.29) is 25.1 Å². The quantitative estimate of drug-likeness (QED) is 0.490. The van der Waals surface area contributed by atoms with Crippen LogP contribution < -0.4 is 11.1 Å². The molecule has 9 heteroatoms. The molecule has 0 aliphatic heterocycles. The van der Waals surface area contributed by atoms with E-state index >= 15 is 0 Å². The molecule has 0 aliphatic carbocycles. The number of carbonyl (C=O) groups excluding carboxylic acids is 3. The number of nitrogens with two attached hydrogens (primary N) is 1. The first-order valence-electron chi connectivity index (χ1n) is 8.84. The van der Waals surface area contributed by atoms with Crippen LogP contribution in [0.4, 0.5) is 0 Å². The van der Waals surface area contributed by atoms with Gasteiger partial charge in [-0.2, -0.15) is 9.90 Å². The summed E-state index contributed by atoms with van der Waals surface area (Å²) < 4.78 is 4.82. The number of carbonyl (C=O) groups is 3. The number of primary amides is 1. The van der Waals surface area contributed by atoms with Gasteiger partial charge in [-0.25, -0.2) is 4.79 Å². The highest BCUT2D eigenvalue weighted by atomic mass is 16.5. The Labute approximate surface area is 162 Å². The van der Waals surface area contributed by atoms with Crippen LogP contribution in [0.25, 0.3) is 5.69 Å². The van der Waals surface area contributed by atoms with E-state index in [1.165, 1.54) is 16.9 Å². The summed E-state index contributed by atoms with van der Waals surface area (Å²) in [7, 11) is 0. The monoisotopic (exact) mass is 385 g/mol. The Hall–Kier alpha value is -3.49. The molecule has 0 saturated carbocycles. The van der Waals surface area contributed by atoms with E-state index in [1.54, 1.807) is 13.8 Å². The molecule has 1 heterocycles. The lowest BCUT2D eigenvalue weighted by molar-refractivity contribution is -0.137. The van der Waals surface area contributed by atoms with Crippen LogP contribution in [-0.2, 0) is 14.3 Å². The Morgan fingerprint density at radius 2 is 1.96 bits per heavy atom. The number of ether oxygens (including phenoxy) is 1. The first kappa shape index (κ1) is 20.8. The van der Waals surface area contributed by atoms with Crippen LogP contribution >= 0.6 is 0 Å². The molecule has 9 nitrogen and oxygen atoms in total. The van der Waals surface area contributed by atoms with Crippen molar-refractivity contribution in [1.29, 1.82) is 0 Å². The van der Waals surface area contributed by atoms with Crippen LogP contribution in [0, 0.1) is 6.92 Å². The summed E-state index contributed by atoms with van der Waals surface area (Å²) in [5.41, 5.74) is 6.50. The summed E-state index contributed by atoms with van der Waals surface area (Å²) in [5, 5.41) is 11.2. The molecule has 2 rings (SSSR count). The van der Waals surface area contributed by atoms with Crippen molar-refractivity contribution in [2.75, 3.05) is 6.61 Å². The minimum atomic E-state index is -0.592. The minimum Gasteiger partial charge on any atom is -0.463 e. The summed E-state index contributed by atoms with van der Waals surface area (Å²) in [6.45, 7) is 3.61. The zero-order valence-electron chi connectivity index (χ0n) is 15.8. The molecule has 0 fully saturated rings. The molecular weight excluding hydrogens is 362 g/mol. The van der Waals surface area contributed by atoms with E-state index in [0.717, 1.165) is 5.69 Å². The Morgan fingerprint density at radius 3 is 2.61 bits per heavy atom. The van der Waals surface area contributed by atoms with Crippen molar-refractivity contribution in [3.63, 3.8) is 0 Å². The lowest BCUT2D eigenvalue weighted by atomic mass is 10.1. The van der Waals surface area contributed by atoms with Gasteiger partial charge in [0.25, 0.3) is 5.91 Å². The predicted octanol–water partition coefficient (Wildman–Crippen LogP) is 1.06. The van der Waals surface area contributed by atoms with Gasteiger partial charge in [0.15, 0.2) is 5.69 Å². The number of aromatic nitrogens is 3. The van der Waals surface area contributed by atoms with Gasteiger partial charge in [0.1, 0.15) is 0 Å². The van der Waals surface area contributed by atoms with E-state index in [2.05, 4.69) is 15.5 Å². The van der Waals surface area contributed by atoms with Gasteiger partial charge in [0.2, 0.25) is 5.91 Å². The highest BCUT2D eigenvalue weighted by Gasteiger charge is 2.19. The number of amides is 2. The standard InChI is InChI=1S/C19H23N5O4/c1-3-28-17(26)12-10-14(9-11-16(20)25)21-19(27)18-13(2)22-24(23-18)15-7-5-4-6-8-15/h4-8,10,12,14H,3,9,11H2,1-2H3,(H2,20,25)(H,21,27)/b12-10+. The van der Waals surface area contributed by atoms with E-state index in [1.807, 2.05) is 30.3 Å². The van der Waals surface area contributed by atoms with Crippen molar-refractivity contribution in [3.05, 3.63) is 53.9 Å². The first-order chi connectivity index (χ1) is 13.4. The predicted molar refractivity (Wildman–Crippen MR) is 102 cm³/mol. The third-order valence-electron chi connectivity index (χ3n) is 3.75. The Kier molecular flexibility index (Phi) is 7.44. The molecule has 3 N–H and O–H groups in total. The molecule has 2 aromatic rings. The second-order valence-corrected chi connectivity index (χ2v) is 5.96. The SMILES string of the molecule is CCOC(=O)/C=C/C(CCC(N)=O)NC(=O)c1nn(-c2ccccc2)nc1C. The van der Waals surface area contributed by atoms with E-state index in [9.17, 15) is 14.4 Å². The summed E-state index contributed by atoms with van der Waals surface area (Å²) in [6, 6.07) is 8.59.